The van der Waals surface area contributed by atoms with Crippen molar-refractivity contribution in [3.05, 3.63) is 170 Å². The summed E-state index contributed by atoms with van der Waals surface area (Å²) in [4.78, 5) is 0. The van der Waals surface area contributed by atoms with Gasteiger partial charge in [-0.05, 0) is 93.3 Å². The minimum absolute atomic E-state index is 0.149. The minimum Gasteiger partial charge on any atom is -0.309 e. The highest BCUT2D eigenvalue weighted by atomic mass is 15.0. The zero-order chi connectivity index (χ0) is 35.7. The number of fused-ring (bicyclic) bond motifs is 9. The van der Waals surface area contributed by atoms with Gasteiger partial charge in [0.25, 0.3) is 0 Å². The third kappa shape index (κ3) is 3.41. The van der Waals surface area contributed by atoms with Crippen molar-refractivity contribution in [2.75, 3.05) is 0 Å². The summed E-state index contributed by atoms with van der Waals surface area (Å²) in [7, 11) is 0. The fourth-order valence-corrected chi connectivity index (χ4v) is 8.15. The first-order chi connectivity index (χ1) is 25.9. The molecule has 0 aliphatic heterocycles. The molecule has 0 spiro atoms. The van der Waals surface area contributed by atoms with E-state index in [1.54, 1.807) is 0 Å². The highest BCUT2D eigenvalue weighted by Gasteiger charge is 2.24. The second kappa shape index (κ2) is 9.57. The Hall–Kier alpha value is -6.38. The topological polar surface area (TPSA) is 9.86 Å². The Morgan fingerprint density at radius 1 is 0.375 bits per heavy atom. The maximum atomic E-state index is 8.75. The summed E-state index contributed by atoms with van der Waals surface area (Å²) in [6.45, 7) is 0. The Morgan fingerprint density at radius 2 is 0.896 bits per heavy atom. The number of para-hydroxylation sites is 3. The van der Waals surface area contributed by atoms with Gasteiger partial charge in [-0.3, -0.25) is 0 Å². The summed E-state index contributed by atoms with van der Waals surface area (Å²) < 4.78 is 46.5. The van der Waals surface area contributed by atoms with Crippen LogP contribution in [0, 0.1) is 0 Å². The lowest BCUT2D eigenvalue weighted by atomic mass is 10.0. The lowest BCUT2D eigenvalue weighted by Gasteiger charge is -2.13. The van der Waals surface area contributed by atoms with Crippen LogP contribution in [0.4, 0.5) is 0 Å². The van der Waals surface area contributed by atoms with E-state index in [1.807, 2.05) is 34.9 Å². The van der Waals surface area contributed by atoms with Crippen molar-refractivity contribution in [3.8, 4) is 44.8 Å². The normalized spacial score (nSPS) is 13.6. The number of benzene rings is 8. The molecule has 222 valence electrons. The zero-order valence-corrected chi connectivity index (χ0v) is 25.7. The molecule has 0 radical (unpaired) electrons. The van der Waals surface area contributed by atoms with E-state index < -0.39 is 6.04 Å². The zero-order valence-electron chi connectivity index (χ0n) is 30.7. The van der Waals surface area contributed by atoms with Gasteiger partial charge in [-0.1, -0.05) is 115 Å². The molecule has 0 bridgehead atoms. The first kappa shape index (κ1) is 21.4. The third-order valence-corrected chi connectivity index (χ3v) is 10.2. The summed E-state index contributed by atoms with van der Waals surface area (Å²) in [5.74, 6) is 0. The van der Waals surface area contributed by atoms with Gasteiger partial charge >= 0.3 is 0 Å². The number of rotatable bonds is 3. The van der Waals surface area contributed by atoms with Gasteiger partial charge in [0.15, 0.2) is 0 Å². The van der Waals surface area contributed by atoms with Crippen molar-refractivity contribution in [1.29, 1.82) is 0 Å². The van der Waals surface area contributed by atoms with Crippen molar-refractivity contribution in [2.45, 2.75) is 0 Å². The van der Waals surface area contributed by atoms with E-state index in [9.17, 15) is 0 Å². The first-order valence-electron chi connectivity index (χ1n) is 18.7. The van der Waals surface area contributed by atoms with Gasteiger partial charge in [-0.25, -0.2) is 0 Å². The molecule has 2 heteroatoms. The molecule has 10 aromatic rings. The maximum Gasteiger partial charge on any atom is 0.0645 e. The summed E-state index contributed by atoms with van der Waals surface area (Å²) in [6, 6.07) is 47.7. The van der Waals surface area contributed by atoms with Gasteiger partial charge in [0.05, 0.1) is 34.6 Å². The van der Waals surface area contributed by atoms with Crippen molar-refractivity contribution in [2.24, 2.45) is 0 Å². The Bertz CT molecular complexity index is 3180. The quantitative estimate of drug-likeness (QED) is 0.188. The molecule has 0 saturated carbocycles. The molecular weight excluding hydrogens is 581 g/mol. The van der Waals surface area contributed by atoms with Crippen LogP contribution < -0.4 is 0 Å². The van der Waals surface area contributed by atoms with E-state index in [1.165, 1.54) is 38.4 Å². The summed E-state index contributed by atoms with van der Waals surface area (Å²) in [5, 5.41) is 6.75. The second-order valence-corrected chi connectivity index (χ2v) is 12.5. The highest BCUT2D eigenvalue weighted by molar-refractivity contribution is 6.19. The average molecular weight is 614 g/mol. The molecule has 0 fully saturated rings. The second-order valence-electron chi connectivity index (χ2n) is 12.5. The molecule has 1 aliphatic carbocycles. The Labute approximate surface area is 284 Å². The predicted octanol–water partition coefficient (Wildman–Crippen LogP) is 12.3. The molecule has 2 heterocycles. The van der Waals surface area contributed by atoms with E-state index in [2.05, 4.69) is 114 Å². The molecule has 11 rings (SSSR count). The van der Waals surface area contributed by atoms with Gasteiger partial charge in [-0.2, -0.15) is 0 Å². The van der Waals surface area contributed by atoms with Crippen LogP contribution in [-0.2, 0) is 0 Å². The molecule has 2 nitrogen and oxygen atoms in total. The molecular formula is C46H28N2. The van der Waals surface area contributed by atoms with Crippen LogP contribution in [0.15, 0.2) is 170 Å². The van der Waals surface area contributed by atoms with Crippen molar-refractivity contribution in [1.82, 2.24) is 9.13 Å². The van der Waals surface area contributed by atoms with E-state index >= 15 is 0 Å². The third-order valence-electron chi connectivity index (χ3n) is 10.2. The number of hydrogen-bond acceptors (Lipinski definition) is 0. The Balaban J connectivity index is 1.12. The summed E-state index contributed by atoms with van der Waals surface area (Å²) >= 11 is 0. The Kier molecular flexibility index (Phi) is 4.27. The van der Waals surface area contributed by atoms with Gasteiger partial charge in [0, 0.05) is 32.6 Å². The van der Waals surface area contributed by atoms with Crippen LogP contribution in [0.2, 0.25) is 0 Å². The van der Waals surface area contributed by atoms with E-state index in [-0.39, 0.29) is 29.9 Å². The summed E-state index contributed by atoms with van der Waals surface area (Å²) in [5.41, 5.74) is 12.4. The molecule has 0 unspecified atom stereocenters. The number of hydrogen-bond donors (Lipinski definition) is 0. The highest BCUT2D eigenvalue weighted by Crippen LogP contribution is 2.49. The van der Waals surface area contributed by atoms with Crippen LogP contribution in [0.3, 0.4) is 0 Å². The van der Waals surface area contributed by atoms with Crippen molar-refractivity contribution < 1.29 is 6.85 Å². The SMILES string of the molecule is [2H]c1c([2H])c([2H])c(-n2c3ccccc3c3cc(-c4ccc5c(c4)c4ccccc4n5-c4ccc5c6c(cccc46)-c4ccccc4-5)ccc32)c([2H])c1[2H]. The number of aromatic nitrogens is 2. The lowest BCUT2D eigenvalue weighted by Crippen LogP contribution is -1.95. The summed E-state index contributed by atoms with van der Waals surface area (Å²) in [6.07, 6.45) is 0. The van der Waals surface area contributed by atoms with Gasteiger partial charge in [0.2, 0.25) is 0 Å². The monoisotopic (exact) mass is 613 g/mol. The molecule has 0 amide bonds. The standard InChI is InChI=1S/C46H28N2/c1-2-11-31(12-3-1)47-41-19-8-6-15-34(41)39-27-29(21-24-44(39)47)30-22-25-45-40(28-30)35-16-7-9-20-42(35)48(45)43-26-23-37-33-14-5-4-13-32(33)36-17-10-18-38(43)46(36)37/h1-28H/i1D,2D,3D,11D,12D. The van der Waals surface area contributed by atoms with Gasteiger partial charge < -0.3 is 9.13 Å². The van der Waals surface area contributed by atoms with Crippen LogP contribution in [-0.4, -0.2) is 9.13 Å². The predicted molar refractivity (Wildman–Crippen MR) is 202 cm³/mol. The number of nitrogens with zero attached hydrogens (tertiary/aromatic N) is 2. The molecule has 48 heavy (non-hydrogen) atoms. The molecule has 0 N–H and O–H groups in total. The van der Waals surface area contributed by atoms with E-state index in [4.69, 9.17) is 6.85 Å². The molecule has 8 aromatic carbocycles. The van der Waals surface area contributed by atoms with Crippen LogP contribution in [0.1, 0.15) is 6.85 Å². The van der Waals surface area contributed by atoms with Crippen LogP contribution in [0.5, 0.6) is 0 Å². The molecule has 1 aliphatic rings. The smallest absolute Gasteiger partial charge is 0.0645 e. The van der Waals surface area contributed by atoms with Crippen LogP contribution >= 0.6 is 0 Å². The lowest BCUT2D eigenvalue weighted by molar-refractivity contribution is 1.18. The van der Waals surface area contributed by atoms with Crippen LogP contribution in [0.25, 0.3) is 99.1 Å². The molecule has 0 saturated heterocycles. The maximum absolute atomic E-state index is 8.75. The fraction of sp³-hybridized carbons (Fsp3) is 0. The molecule has 2 aromatic heterocycles. The average Bonchev–Trinajstić information content (AvgIpc) is 3.83. The van der Waals surface area contributed by atoms with E-state index in [0.717, 1.165) is 55.0 Å². The largest absolute Gasteiger partial charge is 0.309 e. The van der Waals surface area contributed by atoms with Crippen molar-refractivity contribution >= 4 is 54.4 Å². The Morgan fingerprint density at radius 3 is 1.58 bits per heavy atom. The minimum atomic E-state index is -0.400. The van der Waals surface area contributed by atoms with Gasteiger partial charge in [0.1, 0.15) is 0 Å². The fourth-order valence-electron chi connectivity index (χ4n) is 8.15. The van der Waals surface area contributed by atoms with Crippen molar-refractivity contribution in [3.63, 3.8) is 0 Å². The van der Waals surface area contributed by atoms with Gasteiger partial charge in [-0.15, -0.1) is 0 Å². The molecule has 0 atom stereocenters. The van der Waals surface area contributed by atoms with E-state index in [0.29, 0.717) is 0 Å². The first-order valence-corrected chi connectivity index (χ1v) is 16.2.